The molecule has 0 radical (unpaired) electrons. The van der Waals surface area contributed by atoms with Gasteiger partial charge in [0.1, 0.15) is 12.4 Å². The van der Waals surface area contributed by atoms with E-state index < -0.39 is 0 Å². The third-order valence-corrected chi connectivity index (χ3v) is 2.70. The van der Waals surface area contributed by atoms with Crippen molar-refractivity contribution in [2.45, 2.75) is 13.0 Å². The summed E-state index contributed by atoms with van der Waals surface area (Å²) < 4.78 is 5.67. The summed E-state index contributed by atoms with van der Waals surface area (Å²) in [7, 11) is 0. The Morgan fingerprint density at radius 1 is 1.10 bits per heavy atom. The van der Waals surface area contributed by atoms with E-state index in [1.807, 2.05) is 42.5 Å². The Hall–Kier alpha value is -2.33. The third-order valence-electron chi connectivity index (χ3n) is 2.70. The van der Waals surface area contributed by atoms with Gasteiger partial charge >= 0.3 is 0 Å². The molecule has 0 spiro atoms. The molecule has 2 N–H and O–H groups in total. The van der Waals surface area contributed by atoms with Crippen molar-refractivity contribution in [1.82, 2.24) is 0 Å². The molecule has 0 aliphatic carbocycles. The summed E-state index contributed by atoms with van der Waals surface area (Å²) >= 11 is 0. The highest BCUT2D eigenvalue weighted by Crippen LogP contribution is 2.18. The van der Waals surface area contributed by atoms with E-state index in [1.54, 1.807) is 12.1 Å². The van der Waals surface area contributed by atoms with Gasteiger partial charge in [0.15, 0.2) is 0 Å². The van der Waals surface area contributed by atoms with Crippen LogP contribution in [-0.4, -0.2) is 17.6 Å². The van der Waals surface area contributed by atoms with E-state index in [0.717, 1.165) is 5.56 Å². The molecule has 0 aromatic heterocycles. The maximum Gasteiger partial charge on any atom is 0.226 e. The highest BCUT2D eigenvalue weighted by atomic mass is 16.5. The van der Waals surface area contributed by atoms with Crippen LogP contribution in [0.25, 0.3) is 0 Å². The fourth-order valence-electron chi connectivity index (χ4n) is 1.73. The maximum atomic E-state index is 11.4. The summed E-state index contributed by atoms with van der Waals surface area (Å²) in [6.45, 7) is 0.324. The number of benzene rings is 2. The fourth-order valence-corrected chi connectivity index (χ4v) is 1.73. The van der Waals surface area contributed by atoms with Gasteiger partial charge in [-0.2, -0.15) is 0 Å². The number of hydrogen-bond acceptors (Lipinski definition) is 3. The number of carbonyl (C=O) groups excluding carboxylic acids is 1. The average Bonchev–Trinajstić information content (AvgIpc) is 2.47. The van der Waals surface area contributed by atoms with Crippen LogP contribution in [-0.2, 0) is 11.4 Å². The molecule has 0 aliphatic rings. The standard InChI is InChI=1S/C16H17NO3/c18-10-9-16(19)17-14-7-4-8-15(11-14)20-12-13-5-2-1-3-6-13/h1-8,11,18H,9-10,12H2,(H,17,19). The van der Waals surface area contributed by atoms with Crippen LogP contribution >= 0.6 is 0 Å². The number of amides is 1. The Bertz CT molecular complexity index is 555. The number of ether oxygens (including phenoxy) is 1. The minimum absolute atomic E-state index is 0.0924. The molecule has 1 amide bonds. The van der Waals surface area contributed by atoms with Crippen molar-refractivity contribution in [1.29, 1.82) is 0 Å². The Morgan fingerprint density at radius 2 is 1.90 bits per heavy atom. The van der Waals surface area contributed by atoms with E-state index >= 15 is 0 Å². The molecule has 4 heteroatoms. The third kappa shape index (κ3) is 4.40. The zero-order valence-electron chi connectivity index (χ0n) is 11.1. The number of hydrogen-bond donors (Lipinski definition) is 2. The first kappa shape index (κ1) is 14.1. The molecule has 0 unspecified atom stereocenters. The lowest BCUT2D eigenvalue weighted by molar-refractivity contribution is -0.116. The lowest BCUT2D eigenvalue weighted by Gasteiger charge is -2.09. The van der Waals surface area contributed by atoms with E-state index in [4.69, 9.17) is 9.84 Å². The first-order valence-electron chi connectivity index (χ1n) is 6.45. The topological polar surface area (TPSA) is 58.6 Å². The second-order valence-electron chi connectivity index (χ2n) is 4.32. The van der Waals surface area contributed by atoms with Gasteiger partial charge in [-0.05, 0) is 17.7 Å². The van der Waals surface area contributed by atoms with Gasteiger partial charge < -0.3 is 15.2 Å². The summed E-state index contributed by atoms with van der Waals surface area (Å²) in [6, 6.07) is 17.1. The summed E-state index contributed by atoms with van der Waals surface area (Å²) in [4.78, 5) is 11.4. The second kappa shape index (κ2) is 7.31. The van der Waals surface area contributed by atoms with Crippen molar-refractivity contribution < 1.29 is 14.6 Å². The molecular formula is C16H17NO3. The minimum Gasteiger partial charge on any atom is -0.489 e. The molecule has 20 heavy (non-hydrogen) atoms. The molecule has 2 rings (SSSR count). The fraction of sp³-hybridized carbons (Fsp3) is 0.188. The molecular weight excluding hydrogens is 254 g/mol. The number of rotatable bonds is 6. The zero-order chi connectivity index (χ0) is 14.2. The van der Waals surface area contributed by atoms with Gasteiger partial charge in [-0.25, -0.2) is 0 Å². The zero-order valence-corrected chi connectivity index (χ0v) is 11.1. The number of nitrogens with one attached hydrogen (secondary N) is 1. The Balaban J connectivity index is 1.94. The Labute approximate surface area is 118 Å². The Kier molecular flexibility index (Phi) is 5.15. The van der Waals surface area contributed by atoms with Crippen LogP contribution in [0.2, 0.25) is 0 Å². The average molecular weight is 271 g/mol. The quantitative estimate of drug-likeness (QED) is 0.849. The highest BCUT2D eigenvalue weighted by Gasteiger charge is 2.02. The van der Waals surface area contributed by atoms with Crippen molar-refractivity contribution >= 4 is 11.6 Å². The van der Waals surface area contributed by atoms with Crippen LogP contribution in [0, 0.1) is 0 Å². The van der Waals surface area contributed by atoms with E-state index in [-0.39, 0.29) is 18.9 Å². The van der Waals surface area contributed by atoms with Crippen molar-refractivity contribution in [2.75, 3.05) is 11.9 Å². The predicted molar refractivity (Wildman–Crippen MR) is 77.5 cm³/mol. The van der Waals surface area contributed by atoms with Crippen LogP contribution in [0.1, 0.15) is 12.0 Å². The van der Waals surface area contributed by atoms with Gasteiger partial charge in [-0.15, -0.1) is 0 Å². The van der Waals surface area contributed by atoms with Crippen LogP contribution in [0.4, 0.5) is 5.69 Å². The number of carbonyl (C=O) groups is 1. The molecule has 2 aromatic carbocycles. The number of aliphatic hydroxyl groups excluding tert-OH is 1. The van der Waals surface area contributed by atoms with Gasteiger partial charge in [0.05, 0.1) is 13.0 Å². The second-order valence-corrected chi connectivity index (χ2v) is 4.32. The van der Waals surface area contributed by atoms with Gasteiger partial charge in [-0.3, -0.25) is 4.79 Å². The monoisotopic (exact) mass is 271 g/mol. The molecule has 104 valence electrons. The van der Waals surface area contributed by atoms with Gasteiger partial charge in [-0.1, -0.05) is 36.4 Å². The molecule has 0 heterocycles. The van der Waals surface area contributed by atoms with Crippen LogP contribution in [0.15, 0.2) is 54.6 Å². The molecule has 4 nitrogen and oxygen atoms in total. The molecule has 0 atom stereocenters. The lowest BCUT2D eigenvalue weighted by Crippen LogP contribution is -2.12. The predicted octanol–water partition coefficient (Wildman–Crippen LogP) is 2.59. The smallest absolute Gasteiger partial charge is 0.226 e. The highest BCUT2D eigenvalue weighted by molar-refractivity contribution is 5.90. The van der Waals surface area contributed by atoms with E-state index in [0.29, 0.717) is 18.0 Å². The van der Waals surface area contributed by atoms with Crippen LogP contribution in [0.3, 0.4) is 0 Å². The number of aliphatic hydroxyl groups is 1. The molecule has 0 saturated heterocycles. The summed E-state index contributed by atoms with van der Waals surface area (Å²) in [5.74, 6) is 0.475. The number of anilines is 1. The van der Waals surface area contributed by atoms with Gasteiger partial charge in [0.2, 0.25) is 5.91 Å². The minimum atomic E-state index is -0.215. The molecule has 0 bridgehead atoms. The molecule has 2 aromatic rings. The molecule has 0 fully saturated rings. The summed E-state index contributed by atoms with van der Waals surface area (Å²) in [5, 5.41) is 11.4. The molecule has 0 saturated carbocycles. The van der Waals surface area contributed by atoms with Crippen molar-refractivity contribution in [3.63, 3.8) is 0 Å². The largest absolute Gasteiger partial charge is 0.489 e. The molecule has 0 aliphatic heterocycles. The van der Waals surface area contributed by atoms with Crippen molar-refractivity contribution in [3.05, 3.63) is 60.2 Å². The first-order chi connectivity index (χ1) is 9.78. The van der Waals surface area contributed by atoms with Crippen LogP contribution < -0.4 is 10.1 Å². The lowest BCUT2D eigenvalue weighted by atomic mass is 10.2. The van der Waals surface area contributed by atoms with Gasteiger partial charge in [0.25, 0.3) is 0 Å². The first-order valence-corrected chi connectivity index (χ1v) is 6.45. The normalized spacial score (nSPS) is 10.1. The van der Waals surface area contributed by atoms with E-state index in [9.17, 15) is 4.79 Å². The Morgan fingerprint density at radius 3 is 2.65 bits per heavy atom. The van der Waals surface area contributed by atoms with Crippen molar-refractivity contribution in [3.8, 4) is 5.75 Å². The van der Waals surface area contributed by atoms with E-state index in [1.165, 1.54) is 0 Å². The summed E-state index contributed by atoms with van der Waals surface area (Å²) in [6.07, 6.45) is 0.0924. The van der Waals surface area contributed by atoms with Crippen LogP contribution in [0.5, 0.6) is 5.75 Å². The van der Waals surface area contributed by atoms with E-state index in [2.05, 4.69) is 5.32 Å². The van der Waals surface area contributed by atoms with Crippen molar-refractivity contribution in [2.24, 2.45) is 0 Å². The maximum absolute atomic E-state index is 11.4. The van der Waals surface area contributed by atoms with Gasteiger partial charge in [0, 0.05) is 11.8 Å². The SMILES string of the molecule is O=C(CCO)Nc1cccc(OCc2ccccc2)c1. The summed E-state index contributed by atoms with van der Waals surface area (Å²) in [5.41, 5.74) is 1.75.